The van der Waals surface area contributed by atoms with Gasteiger partial charge in [0.1, 0.15) is 35.1 Å². The molecule has 1 amide bonds. The summed E-state index contributed by atoms with van der Waals surface area (Å²) in [7, 11) is 0. The topological polar surface area (TPSA) is 152 Å². The lowest BCUT2D eigenvalue weighted by atomic mass is 10.1. The van der Waals surface area contributed by atoms with Crippen molar-refractivity contribution < 1.29 is 19.2 Å². The molecule has 0 saturated carbocycles. The molecule has 0 radical (unpaired) electrons. The summed E-state index contributed by atoms with van der Waals surface area (Å²) in [4.78, 5) is 33.4. The van der Waals surface area contributed by atoms with E-state index >= 15 is 0 Å². The highest BCUT2D eigenvalue weighted by Crippen LogP contribution is 2.35. The third kappa shape index (κ3) is 6.38. The van der Waals surface area contributed by atoms with Crippen molar-refractivity contribution >= 4 is 28.6 Å². The number of hydrogen-bond donors (Lipinski definition) is 1. The molecule has 2 aromatic heterocycles. The summed E-state index contributed by atoms with van der Waals surface area (Å²) in [6.07, 6.45) is 2.17. The Hall–Kier alpha value is -5.52. The molecule has 3 heterocycles. The maximum atomic E-state index is 12.7. The number of anilines is 1. The van der Waals surface area contributed by atoms with E-state index in [1.165, 1.54) is 30.6 Å². The number of nitrogens with zero attached hydrogens (tertiary/aromatic N) is 6. The van der Waals surface area contributed by atoms with Crippen LogP contribution in [0.5, 0.6) is 17.2 Å². The average Bonchev–Trinajstić information content (AvgIpc) is 3.44. The zero-order chi connectivity index (χ0) is 30.3. The van der Waals surface area contributed by atoms with Gasteiger partial charge in [-0.05, 0) is 61.4 Å². The second-order valence-corrected chi connectivity index (χ2v) is 9.53. The lowest BCUT2D eigenvalue weighted by Crippen LogP contribution is -2.40. The number of para-hydroxylation sites is 1. The Kier molecular flexibility index (Phi) is 8.75. The Balaban J connectivity index is 0.00000180. The van der Waals surface area contributed by atoms with E-state index in [0.717, 1.165) is 11.3 Å². The van der Waals surface area contributed by atoms with Crippen LogP contribution >= 0.6 is 0 Å². The van der Waals surface area contributed by atoms with E-state index in [1.54, 1.807) is 4.90 Å². The van der Waals surface area contributed by atoms with Crippen LogP contribution in [-0.4, -0.2) is 48.8 Å². The summed E-state index contributed by atoms with van der Waals surface area (Å²) < 4.78 is 13.2. The number of amides is 1. The van der Waals surface area contributed by atoms with E-state index in [0.29, 0.717) is 54.2 Å². The van der Waals surface area contributed by atoms with Crippen LogP contribution in [0.15, 0.2) is 85.2 Å². The van der Waals surface area contributed by atoms with Gasteiger partial charge in [0.25, 0.3) is 5.69 Å². The molecule has 12 nitrogen and oxygen atoms in total. The number of carbonyl (C=O) groups excluding carboxylic acids is 1. The molecular weight excluding hydrogens is 550 g/mol. The number of nitro benzene ring substituents is 1. The monoisotopic (exact) mass is 581 g/mol. The predicted octanol–water partition coefficient (Wildman–Crippen LogP) is 6.64. The van der Waals surface area contributed by atoms with Crippen LogP contribution in [0.3, 0.4) is 0 Å². The van der Waals surface area contributed by atoms with E-state index in [-0.39, 0.29) is 17.5 Å². The first kappa shape index (κ1) is 29.0. The number of nitrogens with two attached hydrogens (primary N) is 1. The number of hydrogen-bond acceptors (Lipinski definition) is 9. The lowest BCUT2D eigenvalue weighted by molar-refractivity contribution is -0.384. The zero-order valence-corrected chi connectivity index (χ0v) is 23.8. The summed E-state index contributed by atoms with van der Waals surface area (Å²) >= 11 is 0. The number of aromatic nitrogens is 4. The van der Waals surface area contributed by atoms with Crippen molar-refractivity contribution in [1.29, 1.82) is 0 Å². The minimum absolute atomic E-state index is 0.0235. The van der Waals surface area contributed by atoms with Gasteiger partial charge in [0.05, 0.1) is 16.4 Å². The van der Waals surface area contributed by atoms with Gasteiger partial charge in [-0.3, -0.25) is 10.1 Å². The molecule has 6 rings (SSSR count). The molecule has 3 aromatic carbocycles. The molecule has 0 atom stereocenters. The molecule has 220 valence electrons. The summed E-state index contributed by atoms with van der Waals surface area (Å²) in [5.74, 6) is 2.03. The van der Waals surface area contributed by atoms with Crippen molar-refractivity contribution in [3.8, 4) is 28.5 Å². The van der Waals surface area contributed by atoms with Gasteiger partial charge < -0.3 is 20.1 Å². The second-order valence-electron chi connectivity index (χ2n) is 9.53. The normalized spacial score (nSPS) is 13.2. The van der Waals surface area contributed by atoms with Gasteiger partial charge in [0.15, 0.2) is 5.65 Å². The average molecular weight is 582 g/mol. The molecule has 0 aliphatic carbocycles. The van der Waals surface area contributed by atoms with Gasteiger partial charge in [-0.2, -0.15) is 5.10 Å². The maximum Gasteiger partial charge on any atom is 0.415 e. The molecule has 12 heteroatoms. The molecule has 5 aromatic rings. The zero-order valence-electron chi connectivity index (χ0n) is 23.8. The van der Waals surface area contributed by atoms with Crippen molar-refractivity contribution in [3.63, 3.8) is 0 Å². The summed E-state index contributed by atoms with van der Waals surface area (Å²) in [6, 6.07) is 22.5. The molecule has 1 fully saturated rings. The Bertz CT molecular complexity index is 1700. The fourth-order valence-corrected chi connectivity index (χ4v) is 4.85. The first-order valence-electron chi connectivity index (χ1n) is 14.0. The molecule has 1 aliphatic heterocycles. The van der Waals surface area contributed by atoms with Crippen LogP contribution < -0.4 is 15.2 Å². The standard InChI is InChI=1S/C29H25N7O5.C2H6/c30-27-25-26(19-6-10-23(11-7-19)40-22-4-2-1-3-5-22)33-35(28(25)32-18-31-27)20-14-16-34(17-15-20)29(37)41-24-12-8-21(9-13-24)36(38)39;1-2/h1-13,18,20H,14-17H2,(H2,30,31,32);1-2H3. The second kappa shape index (κ2) is 13.0. The Morgan fingerprint density at radius 1 is 0.907 bits per heavy atom. The van der Waals surface area contributed by atoms with E-state index in [2.05, 4.69) is 9.97 Å². The quantitative estimate of drug-likeness (QED) is 0.172. The summed E-state index contributed by atoms with van der Waals surface area (Å²) in [5.41, 5.74) is 8.37. The number of benzene rings is 3. The lowest BCUT2D eigenvalue weighted by Gasteiger charge is -2.31. The number of carbonyl (C=O) groups is 1. The van der Waals surface area contributed by atoms with Crippen molar-refractivity contribution in [2.75, 3.05) is 18.8 Å². The minimum Gasteiger partial charge on any atom is -0.457 e. The van der Waals surface area contributed by atoms with E-state index in [1.807, 2.05) is 73.1 Å². The van der Waals surface area contributed by atoms with Crippen LogP contribution in [0.2, 0.25) is 0 Å². The molecule has 1 aliphatic rings. The van der Waals surface area contributed by atoms with E-state index in [9.17, 15) is 14.9 Å². The van der Waals surface area contributed by atoms with Crippen LogP contribution in [0.4, 0.5) is 16.3 Å². The SMILES string of the molecule is CC.Nc1ncnc2c1c(-c1ccc(Oc3ccccc3)cc1)nn2C1CCN(C(=O)Oc2ccc([N+](=O)[O-])cc2)CC1. The van der Waals surface area contributed by atoms with Crippen LogP contribution in [-0.2, 0) is 0 Å². The number of nitro groups is 1. The molecule has 2 N–H and O–H groups in total. The molecule has 1 saturated heterocycles. The number of nitrogen functional groups attached to an aromatic ring is 1. The van der Waals surface area contributed by atoms with Gasteiger partial charge in [0.2, 0.25) is 0 Å². The van der Waals surface area contributed by atoms with Crippen molar-refractivity contribution in [3.05, 3.63) is 95.3 Å². The fraction of sp³-hybridized carbons (Fsp3) is 0.226. The minimum atomic E-state index is -0.507. The van der Waals surface area contributed by atoms with Crippen molar-refractivity contribution in [1.82, 2.24) is 24.6 Å². The number of non-ortho nitro benzene ring substituents is 1. The van der Waals surface area contributed by atoms with E-state index < -0.39 is 11.0 Å². The fourth-order valence-electron chi connectivity index (χ4n) is 4.85. The molecule has 43 heavy (non-hydrogen) atoms. The van der Waals surface area contributed by atoms with E-state index in [4.69, 9.17) is 20.3 Å². The maximum absolute atomic E-state index is 12.7. The number of piperidine rings is 1. The largest absolute Gasteiger partial charge is 0.457 e. The van der Waals surface area contributed by atoms with Gasteiger partial charge >= 0.3 is 6.09 Å². The first-order chi connectivity index (χ1) is 21.0. The predicted molar refractivity (Wildman–Crippen MR) is 162 cm³/mol. The highest BCUT2D eigenvalue weighted by atomic mass is 16.6. The summed E-state index contributed by atoms with van der Waals surface area (Å²) in [5, 5.41) is 16.4. The number of ether oxygens (including phenoxy) is 2. The third-order valence-electron chi connectivity index (χ3n) is 6.95. The molecule has 0 spiro atoms. The first-order valence-corrected chi connectivity index (χ1v) is 14.0. The number of rotatable bonds is 6. The highest BCUT2D eigenvalue weighted by Gasteiger charge is 2.29. The van der Waals surface area contributed by atoms with Gasteiger partial charge in [-0.25, -0.2) is 19.4 Å². The third-order valence-corrected chi connectivity index (χ3v) is 6.95. The Morgan fingerprint density at radius 2 is 1.53 bits per heavy atom. The van der Waals surface area contributed by atoms with Gasteiger partial charge in [-0.15, -0.1) is 0 Å². The van der Waals surface area contributed by atoms with Crippen LogP contribution in [0.25, 0.3) is 22.3 Å². The highest BCUT2D eigenvalue weighted by molar-refractivity contribution is 5.98. The van der Waals surface area contributed by atoms with Crippen molar-refractivity contribution in [2.45, 2.75) is 32.7 Å². The smallest absolute Gasteiger partial charge is 0.415 e. The van der Waals surface area contributed by atoms with Crippen molar-refractivity contribution in [2.24, 2.45) is 0 Å². The summed E-state index contributed by atoms with van der Waals surface area (Å²) in [6.45, 7) is 4.89. The number of likely N-dealkylation sites (tertiary alicyclic amines) is 1. The molecule has 0 bridgehead atoms. The molecule has 0 unspecified atom stereocenters. The Labute approximate surface area is 247 Å². The Morgan fingerprint density at radius 3 is 2.19 bits per heavy atom. The molecular formula is C31H31N7O5. The van der Waals surface area contributed by atoms with Gasteiger partial charge in [0, 0.05) is 30.8 Å². The number of fused-ring (bicyclic) bond motifs is 1. The van der Waals surface area contributed by atoms with Crippen LogP contribution in [0, 0.1) is 10.1 Å². The van der Waals surface area contributed by atoms with Crippen LogP contribution in [0.1, 0.15) is 32.7 Å². The van der Waals surface area contributed by atoms with Gasteiger partial charge in [-0.1, -0.05) is 32.0 Å².